The van der Waals surface area contributed by atoms with Crippen molar-refractivity contribution >= 4 is 27.5 Å². The van der Waals surface area contributed by atoms with Gasteiger partial charge >= 0.3 is 10.2 Å². The van der Waals surface area contributed by atoms with Crippen molar-refractivity contribution in [2.45, 2.75) is 6.04 Å². The van der Waals surface area contributed by atoms with Crippen molar-refractivity contribution in [1.29, 1.82) is 0 Å². The number of halogens is 1. The number of hydrogen-bond acceptors (Lipinski definition) is 3. The molecule has 0 spiro atoms. The van der Waals surface area contributed by atoms with Gasteiger partial charge in [0, 0.05) is 18.6 Å². The molecule has 5 nitrogen and oxygen atoms in total. The molecule has 1 heterocycles. The number of hydrogen-bond donors (Lipinski definition) is 1. The third-order valence-corrected chi connectivity index (χ3v) is 5.11. The Hall–Kier alpha value is -0.820. The molecule has 1 unspecified atom stereocenters. The molecule has 94 valence electrons. The van der Waals surface area contributed by atoms with E-state index in [9.17, 15) is 8.42 Å². The first kappa shape index (κ1) is 12.6. The van der Waals surface area contributed by atoms with Gasteiger partial charge in [0.1, 0.15) is 0 Å². The maximum Gasteiger partial charge on any atom is 0.304 e. The van der Waals surface area contributed by atoms with Gasteiger partial charge in [-0.15, -0.1) is 0 Å². The lowest BCUT2D eigenvalue weighted by Crippen LogP contribution is -2.36. The van der Waals surface area contributed by atoms with E-state index in [1.807, 2.05) is 0 Å². The van der Waals surface area contributed by atoms with E-state index < -0.39 is 10.2 Å². The maximum atomic E-state index is 12.1. The second-order valence-corrected chi connectivity index (χ2v) is 6.27. The summed E-state index contributed by atoms with van der Waals surface area (Å²) in [6, 6.07) is 6.53. The average molecular weight is 276 g/mol. The Morgan fingerprint density at radius 2 is 2.00 bits per heavy atom. The lowest BCUT2D eigenvalue weighted by atomic mass is 10.2. The summed E-state index contributed by atoms with van der Waals surface area (Å²) in [5.41, 5.74) is 6.16. The highest BCUT2D eigenvalue weighted by atomic mass is 35.5. The van der Waals surface area contributed by atoms with E-state index in [-0.39, 0.29) is 6.04 Å². The van der Waals surface area contributed by atoms with E-state index in [1.54, 1.807) is 31.3 Å². The molecule has 0 saturated carbocycles. The number of nitrogens with two attached hydrogens (primary N) is 1. The molecule has 1 aromatic carbocycles. The highest BCUT2D eigenvalue weighted by molar-refractivity contribution is 7.90. The Morgan fingerprint density at radius 1 is 1.41 bits per heavy atom. The summed E-state index contributed by atoms with van der Waals surface area (Å²) in [7, 11) is -1.90. The normalized spacial score (nSPS) is 24.2. The van der Waals surface area contributed by atoms with Crippen LogP contribution in [0.5, 0.6) is 0 Å². The van der Waals surface area contributed by atoms with Crippen molar-refractivity contribution in [3.05, 3.63) is 29.3 Å². The molecule has 7 heteroatoms. The SMILES string of the molecule is CN1C(CN)CN(c2ccc(Cl)cc2)S1(=O)=O. The summed E-state index contributed by atoms with van der Waals surface area (Å²) < 4.78 is 26.9. The molecule has 1 saturated heterocycles. The predicted octanol–water partition coefficient (Wildman–Crippen LogP) is 0.664. The highest BCUT2D eigenvalue weighted by Crippen LogP contribution is 2.28. The Kier molecular flexibility index (Phi) is 3.31. The minimum atomic E-state index is -3.45. The largest absolute Gasteiger partial charge is 0.329 e. The Morgan fingerprint density at radius 3 is 2.47 bits per heavy atom. The van der Waals surface area contributed by atoms with Crippen molar-refractivity contribution in [2.24, 2.45) is 5.73 Å². The summed E-state index contributed by atoms with van der Waals surface area (Å²) in [5, 5.41) is 0.578. The van der Waals surface area contributed by atoms with Crippen molar-refractivity contribution in [3.8, 4) is 0 Å². The van der Waals surface area contributed by atoms with Gasteiger partial charge in [-0.05, 0) is 24.3 Å². The molecular formula is C10H14ClN3O2S. The maximum absolute atomic E-state index is 12.1. The molecule has 2 N–H and O–H groups in total. The second kappa shape index (κ2) is 4.45. The summed E-state index contributed by atoms with van der Waals surface area (Å²) in [6.07, 6.45) is 0. The highest BCUT2D eigenvalue weighted by Gasteiger charge is 2.40. The van der Waals surface area contributed by atoms with Crippen LogP contribution in [-0.2, 0) is 10.2 Å². The molecule has 0 aliphatic carbocycles. The van der Waals surface area contributed by atoms with E-state index in [0.29, 0.717) is 23.8 Å². The first-order chi connectivity index (χ1) is 7.96. The van der Waals surface area contributed by atoms with Gasteiger partial charge < -0.3 is 5.73 Å². The number of likely N-dealkylation sites (N-methyl/N-ethyl adjacent to an activating group) is 1. The van der Waals surface area contributed by atoms with Crippen LogP contribution in [0.2, 0.25) is 5.02 Å². The topological polar surface area (TPSA) is 66.6 Å². The zero-order chi connectivity index (χ0) is 12.6. The van der Waals surface area contributed by atoms with Crippen molar-refractivity contribution in [1.82, 2.24) is 4.31 Å². The molecule has 1 fully saturated rings. The smallest absolute Gasteiger partial charge is 0.304 e. The van der Waals surface area contributed by atoms with Crippen LogP contribution < -0.4 is 10.0 Å². The van der Waals surface area contributed by atoms with Crippen LogP contribution in [-0.4, -0.2) is 38.9 Å². The van der Waals surface area contributed by atoms with Crippen molar-refractivity contribution < 1.29 is 8.42 Å². The van der Waals surface area contributed by atoms with E-state index >= 15 is 0 Å². The monoisotopic (exact) mass is 275 g/mol. The molecule has 1 aliphatic heterocycles. The van der Waals surface area contributed by atoms with Gasteiger partial charge in [-0.25, -0.2) is 0 Å². The van der Waals surface area contributed by atoms with Gasteiger partial charge in [0.2, 0.25) is 0 Å². The van der Waals surface area contributed by atoms with Crippen molar-refractivity contribution in [2.75, 3.05) is 24.4 Å². The van der Waals surface area contributed by atoms with Crippen LogP contribution in [0.15, 0.2) is 24.3 Å². The summed E-state index contributed by atoms with van der Waals surface area (Å²) in [4.78, 5) is 0. The van der Waals surface area contributed by atoms with E-state index in [4.69, 9.17) is 17.3 Å². The van der Waals surface area contributed by atoms with Crippen molar-refractivity contribution in [3.63, 3.8) is 0 Å². The first-order valence-corrected chi connectivity index (χ1v) is 6.95. The second-order valence-electron chi connectivity index (χ2n) is 3.92. The minimum absolute atomic E-state index is 0.185. The molecule has 0 aromatic heterocycles. The van der Waals surface area contributed by atoms with Crippen LogP contribution in [0, 0.1) is 0 Å². The molecule has 0 bridgehead atoms. The van der Waals surface area contributed by atoms with E-state index in [1.165, 1.54) is 8.61 Å². The number of anilines is 1. The van der Waals surface area contributed by atoms with Gasteiger partial charge in [0.25, 0.3) is 0 Å². The van der Waals surface area contributed by atoms with Gasteiger partial charge in [-0.2, -0.15) is 12.7 Å². The van der Waals surface area contributed by atoms with Gasteiger partial charge in [-0.1, -0.05) is 11.6 Å². The molecule has 1 atom stereocenters. The standard InChI is InChI=1S/C10H14ClN3O2S/c1-13-10(6-12)7-14(17(13,15)16)9-4-2-8(11)3-5-9/h2-5,10H,6-7,12H2,1H3. The molecule has 17 heavy (non-hydrogen) atoms. The summed E-state index contributed by atoms with van der Waals surface area (Å²) in [5.74, 6) is 0. The van der Waals surface area contributed by atoms with Gasteiger partial charge in [0.05, 0.1) is 18.3 Å². The van der Waals surface area contributed by atoms with Crippen LogP contribution in [0.4, 0.5) is 5.69 Å². The Labute approximate surface area is 106 Å². The molecule has 0 radical (unpaired) electrons. The van der Waals surface area contributed by atoms with Crippen LogP contribution in [0.25, 0.3) is 0 Å². The lowest BCUT2D eigenvalue weighted by molar-refractivity contribution is 0.417. The average Bonchev–Trinajstić information content (AvgIpc) is 2.53. The molecule has 0 amide bonds. The zero-order valence-electron chi connectivity index (χ0n) is 9.38. The fourth-order valence-electron chi connectivity index (χ4n) is 1.81. The Balaban J connectivity index is 2.37. The molecule has 1 aliphatic rings. The fraction of sp³-hybridized carbons (Fsp3) is 0.400. The summed E-state index contributed by atoms with van der Waals surface area (Å²) in [6.45, 7) is 0.677. The van der Waals surface area contributed by atoms with Crippen LogP contribution in [0.3, 0.4) is 0 Å². The predicted molar refractivity (Wildman–Crippen MR) is 68.3 cm³/mol. The number of rotatable bonds is 2. The molecule has 1 aromatic rings. The number of benzene rings is 1. The van der Waals surface area contributed by atoms with E-state index in [2.05, 4.69) is 0 Å². The summed E-state index contributed by atoms with van der Waals surface area (Å²) >= 11 is 5.78. The third kappa shape index (κ3) is 2.13. The Bertz CT molecular complexity index is 503. The molecular weight excluding hydrogens is 262 g/mol. The number of nitrogens with zero attached hydrogens (tertiary/aromatic N) is 2. The third-order valence-electron chi connectivity index (χ3n) is 2.92. The zero-order valence-corrected chi connectivity index (χ0v) is 10.9. The van der Waals surface area contributed by atoms with Crippen LogP contribution in [0.1, 0.15) is 0 Å². The quantitative estimate of drug-likeness (QED) is 0.862. The van der Waals surface area contributed by atoms with Gasteiger partial charge in [0.15, 0.2) is 0 Å². The first-order valence-electron chi connectivity index (χ1n) is 5.18. The minimum Gasteiger partial charge on any atom is -0.329 e. The van der Waals surface area contributed by atoms with Gasteiger partial charge in [-0.3, -0.25) is 4.31 Å². The van der Waals surface area contributed by atoms with E-state index in [0.717, 1.165) is 0 Å². The lowest BCUT2D eigenvalue weighted by Gasteiger charge is -2.17. The molecule has 2 rings (SSSR count). The fourth-order valence-corrected chi connectivity index (χ4v) is 3.53. The van der Waals surface area contributed by atoms with Crippen LogP contribution >= 0.6 is 11.6 Å².